The molecule has 2 aliphatic rings. The minimum atomic E-state index is -0.421. The van der Waals surface area contributed by atoms with Gasteiger partial charge in [0.1, 0.15) is 0 Å². The van der Waals surface area contributed by atoms with E-state index in [-0.39, 0.29) is 24.0 Å². The Labute approximate surface area is 97.5 Å². The molecule has 4 heteroatoms. The maximum Gasteiger partial charge on any atom is 0.262 e. The Bertz CT molecular complexity index is 539. The lowest BCUT2D eigenvalue weighted by Gasteiger charge is -2.19. The molecule has 3 rings (SSSR count). The van der Waals surface area contributed by atoms with Crippen LogP contribution in [-0.4, -0.2) is 28.5 Å². The van der Waals surface area contributed by atoms with Gasteiger partial charge in [-0.05, 0) is 18.2 Å². The smallest absolute Gasteiger partial charge is 0.262 e. The van der Waals surface area contributed by atoms with Crippen molar-refractivity contribution < 1.29 is 14.4 Å². The van der Waals surface area contributed by atoms with Gasteiger partial charge in [-0.25, -0.2) is 0 Å². The zero-order valence-corrected chi connectivity index (χ0v) is 8.92. The second kappa shape index (κ2) is 3.38. The number of amides is 2. The first-order valence-electron chi connectivity index (χ1n) is 5.36. The lowest BCUT2D eigenvalue weighted by atomic mass is 10.1. The predicted molar refractivity (Wildman–Crippen MR) is 59.5 cm³/mol. The van der Waals surface area contributed by atoms with Crippen LogP contribution in [0, 0.1) is 0 Å². The Morgan fingerprint density at radius 3 is 2.06 bits per heavy atom. The zero-order chi connectivity index (χ0) is 12.0. The van der Waals surface area contributed by atoms with Crippen LogP contribution in [0.2, 0.25) is 0 Å². The molecule has 0 spiro atoms. The summed E-state index contributed by atoms with van der Waals surface area (Å²) in [6.07, 6.45) is 3.24. The highest BCUT2D eigenvalue weighted by Gasteiger charge is 2.40. The monoisotopic (exact) mass is 227 g/mol. The Balaban J connectivity index is 2.01. The van der Waals surface area contributed by atoms with Crippen molar-refractivity contribution in [2.24, 2.45) is 0 Å². The van der Waals surface area contributed by atoms with E-state index in [4.69, 9.17) is 0 Å². The average Bonchev–Trinajstić information content (AvgIpc) is 2.84. The van der Waals surface area contributed by atoms with E-state index >= 15 is 0 Å². The van der Waals surface area contributed by atoms with Crippen LogP contribution in [0.4, 0.5) is 0 Å². The fourth-order valence-corrected chi connectivity index (χ4v) is 2.25. The topological polar surface area (TPSA) is 54.5 Å². The lowest BCUT2D eigenvalue weighted by molar-refractivity contribution is -0.114. The second-order valence-corrected chi connectivity index (χ2v) is 4.12. The Morgan fingerprint density at radius 2 is 1.59 bits per heavy atom. The van der Waals surface area contributed by atoms with Crippen molar-refractivity contribution >= 4 is 17.6 Å². The van der Waals surface area contributed by atoms with Gasteiger partial charge in [-0.3, -0.25) is 19.3 Å². The minimum absolute atomic E-state index is 0.0495. The number of carbonyl (C=O) groups excluding carboxylic acids is 3. The fraction of sp³-hybridized carbons (Fsp3) is 0.154. The third kappa shape index (κ3) is 1.34. The molecule has 1 aromatic carbocycles. The number of nitrogens with zero attached hydrogens (tertiary/aromatic N) is 1. The zero-order valence-electron chi connectivity index (χ0n) is 8.92. The molecule has 0 radical (unpaired) electrons. The molecule has 1 atom stereocenters. The van der Waals surface area contributed by atoms with E-state index in [2.05, 4.69) is 0 Å². The van der Waals surface area contributed by atoms with Crippen LogP contribution in [-0.2, 0) is 4.79 Å². The number of allylic oxidation sites excluding steroid dienone is 1. The molecule has 1 aliphatic heterocycles. The number of fused-ring (bicyclic) bond motifs is 1. The van der Waals surface area contributed by atoms with Gasteiger partial charge in [-0.15, -0.1) is 0 Å². The van der Waals surface area contributed by atoms with Gasteiger partial charge in [-0.1, -0.05) is 18.2 Å². The van der Waals surface area contributed by atoms with Gasteiger partial charge in [0.15, 0.2) is 5.78 Å². The number of carbonyl (C=O) groups is 3. The van der Waals surface area contributed by atoms with Crippen molar-refractivity contribution in [2.45, 2.75) is 12.5 Å². The van der Waals surface area contributed by atoms with Crippen molar-refractivity contribution in [3.63, 3.8) is 0 Å². The second-order valence-electron chi connectivity index (χ2n) is 4.12. The minimum Gasteiger partial charge on any atom is -0.295 e. The number of hydrogen-bond acceptors (Lipinski definition) is 3. The fourth-order valence-electron chi connectivity index (χ4n) is 2.25. The molecule has 0 aromatic heterocycles. The lowest BCUT2D eigenvalue weighted by Crippen LogP contribution is -2.38. The van der Waals surface area contributed by atoms with E-state index in [1.807, 2.05) is 0 Å². The van der Waals surface area contributed by atoms with Crippen LogP contribution < -0.4 is 0 Å². The third-order valence-corrected chi connectivity index (χ3v) is 3.07. The number of ketones is 1. The van der Waals surface area contributed by atoms with Crippen LogP contribution in [0.15, 0.2) is 36.4 Å². The summed E-state index contributed by atoms with van der Waals surface area (Å²) in [4.78, 5) is 36.5. The number of benzene rings is 1. The molecule has 0 N–H and O–H groups in total. The SMILES string of the molecule is O=C1C=CC(N2C(=O)c3ccccc3C2=O)C1. The maximum absolute atomic E-state index is 12.1. The van der Waals surface area contributed by atoms with Gasteiger partial charge >= 0.3 is 0 Å². The van der Waals surface area contributed by atoms with E-state index in [9.17, 15) is 14.4 Å². The Morgan fingerprint density at radius 1 is 1.00 bits per heavy atom. The summed E-state index contributed by atoms with van der Waals surface area (Å²) in [6, 6.07) is 6.30. The highest BCUT2D eigenvalue weighted by Crippen LogP contribution is 2.27. The summed E-state index contributed by atoms with van der Waals surface area (Å²) in [5.74, 6) is -0.670. The van der Waals surface area contributed by atoms with Crippen molar-refractivity contribution in [3.8, 4) is 0 Å². The van der Waals surface area contributed by atoms with Gasteiger partial charge < -0.3 is 0 Å². The molecule has 4 nitrogen and oxygen atoms in total. The van der Waals surface area contributed by atoms with Gasteiger partial charge in [0.2, 0.25) is 0 Å². The normalized spacial score (nSPS) is 22.5. The molecular weight excluding hydrogens is 218 g/mol. The third-order valence-electron chi connectivity index (χ3n) is 3.07. The largest absolute Gasteiger partial charge is 0.295 e. The van der Waals surface area contributed by atoms with Gasteiger partial charge in [0.05, 0.1) is 17.2 Å². The highest BCUT2D eigenvalue weighted by molar-refractivity contribution is 6.22. The summed E-state index contributed by atoms with van der Waals surface area (Å²) in [7, 11) is 0. The molecular formula is C13H9NO3. The molecule has 1 unspecified atom stereocenters. The van der Waals surface area contributed by atoms with Crippen molar-refractivity contribution in [1.82, 2.24) is 4.90 Å². The summed E-state index contributed by atoms with van der Waals surface area (Å²) in [5, 5.41) is 0. The Kier molecular flexibility index (Phi) is 1.98. The first-order chi connectivity index (χ1) is 8.18. The van der Waals surface area contributed by atoms with Gasteiger partial charge in [-0.2, -0.15) is 0 Å². The quantitative estimate of drug-likeness (QED) is 0.677. The number of imide groups is 1. The maximum atomic E-state index is 12.1. The molecule has 1 aromatic rings. The highest BCUT2D eigenvalue weighted by atomic mass is 16.2. The van der Waals surface area contributed by atoms with Crippen molar-refractivity contribution in [3.05, 3.63) is 47.5 Å². The summed E-state index contributed by atoms with van der Waals surface area (Å²) < 4.78 is 0. The average molecular weight is 227 g/mol. The molecule has 1 aliphatic carbocycles. The number of rotatable bonds is 1. The molecule has 0 saturated heterocycles. The molecule has 17 heavy (non-hydrogen) atoms. The van der Waals surface area contributed by atoms with Gasteiger partial charge in [0.25, 0.3) is 11.8 Å². The van der Waals surface area contributed by atoms with Crippen molar-refractivity contribution in [1.29, 1.82) is 0 Å². The van der Waals surface area contributed by atoms with Crippen LogP contribution in [0.3, 0.4) is 0 Å². The molecule has 0 bridgehead atoms. The molecule has 0 fully saturated rings. The van der Waals surface area contributed by atoms with Crippen LogP contribution in [0.25, 0.3) is 0 Å². The van der Waals surface area contributed by atoms with E-state index in [1.54, 1.807) is 30.3 Å². The standard InChI is InChI=1S/C13H9NO3/c15-9-6-5-8(7-9)14-12(16)10-3-1-2-4-11(10)13(14)17/h1-6,8H,7H2. The van der Waals surface area contributed by atoms with E-state index in [0.29, 0.717) is 11.1 Å². The number of hydrogen-bond donors (Lipinski definition) is 0. The predicted octanol–water partition coefficient (Wildman–Crippen LogP) is 1.18. The molecule has 84 valence electrons. The van der Waals surface area contributed by atoms with Crippen molar-refractivity contribution in [2.75, 3.05) is 0 Å². The molecule has 0 saturated carbocycles. The first-order valence-corrected chi connectivity index (χ1v) is 5.36. The Hall–Kier alpha value is -2.23. The summed E-state index contributed by atoms with van der Waals surface area (Å²) in [5.41, 5.74) is 0.843. The summed E-state index contributed by atoms with van der Waals surface area (Å²) >= 11 is 0. The van der Waals surface area contributed by atoms with Crippen LogP contribution in [0.1, 0.15) is 27.1 Å². The first kappa shape index (κ1) is 9.96. The molecule has 2 amide bonds. The van der Waals surface area contributed by atoms with Gasteiger partial charge in [0, 0.05) is 6.42 Å². The van der Waals surface area contributed by atoms with Crippen LogP contribution >= 0.6 is 0 Å². The van der Waals surface area contributed by atoms with E-state index < -0.39 is 6.04 Å². The van der Waals surface area contributed by atoms with E-state index in [1.165, 1.54) is 11.0 Å². The van der Waals surface area contributed by atoms with E-state index in [0.717, 1.165) is 0 Å². The summed E-state index contributed by atoms with van der Waals surface area (Å²) in [6.45, 7) is 0. The van der Waals surface area contributed by atoms with Crippen LogP contribution in [0.5, 0.6) is 0 Å². The molecule has 1 heterocycles.